The minimum absolute atomic E-state index is 0.0662. The zero-order chi connectivity index (χ0) is 19.7. The van der Waals surface area contributed by atoms with E-state index in [0.29, 0.717) is 22.5 Å². The molecule has 7 nitrogen and oxygen atoms in total. The molecule has 9 heteroatoms. The molecule has 0 atom stereocenters. The number of nitrogens with zero attached hydrogens (tertiary/aromatic N) is 4. The maximum absolute atomic E-state index is 12.9. The fourth-order valence-corrected chi connectivity index (χ4v) is 4.10. The molecule has 1 amide bonds. The van der Waals surface area contributed by atoms with Crippen LogP contribution < -0.4 is 10.1 Å². The maximum Gasteiger partial charge on any atom is 0.387 e. The van der Waals surface area contributed by atoms with Gasteiger partial charge < -0.3 is 15.0 Å². The number of carbonyl (C=O) groups is 1. The van der Waals surface area contributed by atoms with Crippen molar-refractivity contribution in [3.05, 3.63) is 35.7 Å². The molecule has 2 aromatic rings. The fourth-order valence-electron chi connectivity index (χ4n) is 4.10. The number of piperidine rings is 1. The third-order valence-corrected chi connectivity index (χ3v) is 5.85. The van der Waals surface area contributed by atoms with Crippen molar-refractivity contribution in [1.29, 1.82) is 0 Å². The summed E-state index contributed by atoms with van der Waals surface area (Å²) in [5.74, 6) is -0.0429. The van der Waals surface area contributed by atoms with Gasteiger partial charge >= 0.3 is 6.61 Å². The molecule has 4 rings (SSSR count). The second kappa shape index (κ2) is 7.46. The Morgan fingerprint density at radius 1 is 1.21 bits per heavy atom. The summed E-state index contributed by atoms with van der Waals surface area (Å²) >= 11 is 0. The Morgan fingerprint density at radius 3 is 2.54 bits per heavy atom. The fraction of sp³-hybridized carbons (Fsp3) is 0.526. The van der Waals surface area contributed by atoms with E-state index in [1.54, 1.807) is 19.1 Å². The number of carbonyl (C=O) groups excluding carboxylic acids is 1. The van der Waals surface area contributed by atoms with E-state index in [1.807, 2.05) is 4.90 Å². The van der Waals surface area contributed by atoms with Gasteiger partial charge in [-0.3, -0.25) is 4.79 Å². The molecule has 0 aliphatic carbocycles. The molecular formula is C19H23F2N5O2. The molecule has 1 aromatic carbocycles. The molecule has 1 N–H and O–H groups in total. The highest BCUT2D eigenvalue weighted by Crippen LogP contribution is 2.37. The van der Waals surface area contributed by atoms with Crippen LogP contribution in [0, 0.1) is 12.3 Å². The quantitative estimate of drug-likeness (QED) is 0.867. The number of aromatic nitrogens is 3. The molecule has 1 spiro atoms. The molecule has 28 heavy (non-hydrogen) atoms. The van der Waals surface area contributed by atoms with Crippen molar-refractivity contribution in [3.8, 4) is 11.4 Å². The Bertz CT molecular complexity index is 837. The first-order valence-corrected chi connectivity index (χ1v) is 9.45. The Morgan fingerprint density at radius 2 is 1.93 bits per heavy atom. The summed E-state index contributed by atoms with van der Waals surface area (Å²) < 4.78 is 30.4. The van der Waals surface area contributed by atoms with Crippen LogP contribution in [0.4, 0.5) is 8.78 Å². The number of likely N-dealkylation sites (tertiary alicyclic amines) is 1. The Hall–Kier alpha value is -2.55. The van der Waals surface area contributed by atoms with Crippen molar-refractivity contribution in [1.82, 2.24) is 25.2 Å². The number of ether oxygens (including phenoxy) is 1. The van der Waals surface area contributed by atoms with Gasteiger partial charge in [-0.25, -0.2) is 4.68 Å². The average Bonchev–Trinajstić information content (AvgIpc) is 3.29. The number of halogens is 2. The van der Waals surface area contributed by atoms with E-state index in [-0.39, 0.29) is 11.7 Å². The smallest absolute Gasteiger partial charge is 0.387 e. The monoisotopic (exact) mass is 391 g/mol. The second-order valence-electron chi connectivity index (χ2n) is 7.53. The summed E-state index contributed by atoms with van der Waals surface area (Å²) in [4.78, 5) is 14.8. The average molecular weight is 391 g/mol. The number of rotatable bonds is 4. The first-order chi connectivity index (χ1) is 13.5. The molecule has 3 heterocycles. The maximum atomic E-state index is 12.9. The summed E-state index contributed by atoms with van der Waals surface area (Å²) in [7, 11) is 0. The summed E-state index contributed by atoms with van der Waals surface area (Å²) in [6.07, 6.45) is 3.19. The lowest BCUT2D eigenvalue weighted by molar-refractivity contribution is -0.0498. The standard InChI is InChI=1S/C19H23F2N5O2/c1-13-16(17(27)25-10-7-19(8-11-25)6-9-22-12-19)23-24-26(13)14-2-4-15(5-3-14)28-18(20)21/h2-5,18,22H,6-12H2,1H3. The van der Waals surface area contributed by atoms with Gasteiger partial charge in [0.2, 0.25) is 0 Å². The highest BCUT2D eigenvalue weighted by Gasteiger charge is 2.38. The molecule has 0 bridgehead atoms. The van der Waals surface area contributed by atoms with Gasteiger partial charge in [-0.05, 0) is 62.4 Å². The van der Waals surface area contributed by atoms with Crippen molar-refractivity contribution >= 4 is 5.91 Å². The van der Waals surface area contributed by atoms with E-state index in [4.69, 9.17) is 0 Å². The van der Waals surface area contributed by atoms with Crippen LogP contribution in [-0.2, 0) is 0 Å². The minimum Gasteiger partial charge on any atom is -0.435 e. The van der Waals surface area contributed by atoms with Crippen molar-refractivity contribution < 1.29 is 18.3 Å². The van der Waals surface area contributed by atoms with Crippen LogP contribution in [0.3, 0.4) is 0 Å². The first-order valence-electron chi connectivity index (χ1n) is 9.45. The highest BCUT2D eigenvalue weighted by molar-refractivity contribution is 5.93. The van der Waals surface area contributed by atoms with E-state index in [9.17, 15) is 13.6 Å². The molecule has 2 saturated heterocycles. The number of hydrogen-bond donors (Lipinski definition) is 1. The molecule has 2 aliphatic rings. The highest BCUT2D eigenvalue weighted by atomic mass is 19.3. The molecule has 0 saturated carbocycles. The lowest BCUT2D eigenvalue weighted by Crippen LogP contribution is -2.44. The van der Waals surface area contributed by atoms with E-state index in [0.717, 1.165) is 39.0 Å². The first kappa shape index (κ1) is 18.8. The SMILES string of the molecule is Cc1c(C(=O)N2CCC3(CCNC3)CC2)nnn1-c1ccc(OC(F)F)cc1. The summed E-state index contributed by atoms with van der Waals surface area (Å²) in [5, 5.41) is 11.6. The van der Waals surface area contributed by atoms with Crippen LogP contribution in [0.15, 0.2) is 24.3 Å². The van der Waals surface area contributed by atoms with Crippen LogP contribution in [0.25, 0.3) is 5.69 Å². The van der Waals surface area contributed by atoms with Crippen molar-refractivity contribution in [2.45, 2.75) is 32.8 Å². The lowest BCUT2D eigenvalue weighted by Gasteiger charge is -2.38. The van der Waals surface area contributed by atoms with E-state index in [2.05, 4.69) is 20.4 Å². The number of nitrogens with one attached hydrogen (secondary N) is 1. The summed E-state index contributed by atoms with van der Waals surface area (Å²) in [5.41, 5.74) is 1.91. The molecule has 150 valence electrons. The van der Waals surface area contributed by atoms with Crippen molar-refractivity contribution in [3.63, 3.8) is 0 Å². The van der Waals surface area contributed by atoms with Crippen LogP contribution >= 0.6 is 0 Å². The van der Waals surface area contributed by atoms with E-state index in [1.165, 1.54) is 23.2 Å². The predicted octanol–water partition coefficient (Wildman–Crippen LogP) is 2.39. The third-order valence-electron chi connectivity index (χ3n) is 5.85. The van der Waals surface area contributed by atoms with Crippen molar-refractivity contribution in [2.75, 3.05) is 26.2 Å². The van der Waals surface area contributed by atoms with Gasteiger partial charge in [0.1, 0.15) is 5.75 Å². The van der Waals surface area contributed by atoms with Gasteiger partial charge in [-0.2, -0.15) is 8.78 Å². The van der Waals surface area contributed by atoms with Gasteiger partial charge in [0, 0.05) is 19.6 Å². The van der Waals surface area contributed by atoms with Crippen LogP contribution in [0.2, 0.25) is 0 Å². The van der Waals surface area contributed by atoms with E-state index >= 15 is 0 Å². The lowest BCUT2D eigenvalue weighted by atomic mass is 9.78. The molecule has 0 unspecified atom stereocenters. The summed E-state index contributed by atoms with van der Waals surface area (Å²) in [6, 6.07) is 6.07. The Balaban J connectivity index is 1.46. The molecule has 1 aromatic heterocycles. The molecular weight excluding hydrogens is 368 g/mol. The number of benzene rings is 1. The largest absolute Gasteiger partial charge is 0.435 e. The zero-order valence-electron chi connectivity index (χ0n) is 15.7. The normalized spacial score (nSPS) is 18.8. The second-order valence-corrected chi connectivity index (χ2v) is 7.53. The number of hydrogen-bond acceptors (Lipinski definition) is 5. The van der Waals surface area contributed by atoms with Gasteiger partial charge in [-0.1, -0.05) is 5.21 Å². The van der Waals surface area contributed by atoms with Crippen LogP contribution in [-0.4, -0.2) is 58.6 Å². The predicted molar refractivity (Wildman–Crippen MR) is 97.8 cm³/mol. The van der Waals surface area contributed by atoms with E-state index < -0.39 is 6.61 Å². The molecule has 0 radical (unpaired) electrons. The van der Waals surface area contributed by atoms with Crippen LogP contribution in [0.5, 0.6) is 5.75 Å². The minimum atomic E-state index is -2.87. The topological polar surface area (TPSA) is 72.3 Å². The van der Waals surface area contributed by atoms with Gasteiger partial charge in [0.05, 0.1) is 11.4 Å². The van der Waals surface area contributed by atoms with Gasteiger partial charge in [0.25, 0.3) is 5.91 Å². The summed E-state index contributed by atoms with van der Waals surface area (Å²) in [6.45, 7) is 2.46. The zero-order valence-corrected chi connectivity index (χ0v) is 15.7. The van der Waals surface area contributed by atoms with Gasteiger partial charge in [-0.15, -0.1) is 5.10 Å². The van der Waals surface area contributed by atoms with Crippen LogP contribution in [0.1, 0.15) is 35.4 Å². The number of alkyl halides is 2. The van der Waals surface area contributed by atoms with Gasteiger partial charge in [0.15, 0.2) is 5.69 Å². The number of amides is 1. The van der Waals surface area contributed by atoms with Crippen molar-refractivity contribution in [2.24, 2.45) is 5.41 Å². The Kier molecular flexibility index (Phi) is 5.01. The molecule has 2 aliphatic heterocycles. The molecule has 2 fully saturated rings. The third kappa shape index (κ3) is 3.58. The Labute approximate surface area is 161 Å².